The van der Waals surface area contributed by atoms with Gasteiger partial charge in [-0.1, -0.05) is 37.3 Å². The van der Waals surface area contributed by atoms with Gasteiger partial charge in [-0.25, -0.2) is 0 Å². The minimum absolute atomic E-state index is 0.582. The van der Waals surface area contributed by atoms with Gasteiger partial charge < -0.3 is 11.1 Å². The van der Waals surface area contributed by atoms with Gasteiger partial charge in [0.05, 0.1) is 0 Å². The summed E-state index contributed by atoms with van der Waals surface area (Å²) in [5.41, 5.74) is 6.88. The smallest absolute Gasteiger partial charge is 0.0105 e. The van der Waals surface area contributed by atoms with Crippen molar-refractivity contribution < 1.29 is 0 Å². The third-order valence-corrected chi connectivity index (χ3v) is 2.63. The van der Waals surface area contributed by atoms with Crippen molar-refractivity contribution in [3.8, 4) is 0 Å². The fourth-order valence-electron chi connectivity index (χ4n) is 1.67. The number of hydrogen-bond acceptors (Lipinski definition) is 2. The van der Waals surface area contributed by atoms with Crippen molar-refractivity contribution in [3.05, 3.63) is 35.9 Å². The molecule has 84 valence electrons. The van der Waals surface area contributed by atoms with E-state index < -0.39 is 0 Å². The average Bonchev–Trinajstić information content (AvgIpc) is 2.29. The lowest BCUT2D eigenvalue weighted by Crippen LogP contribution is -2.32. The third kappa shape index (κ3) is 4.96. The minimum atomic E-state index is 0.582. The van der Waals surface area contributed by atoms with Crippen LogP contribution in [0.15, 0.2) is 30.3 Å². The van der Waals surface area contributed by atoms with Crippen LogP contribution in [0.1, 0.15) is 25.3 Å². The van der Waals surface area contributed by atoms with Crippen molar-refractivity contribution >= 4 is 0 Å². The number of benzene rings is 1. The topological polar surface area (TPSA) is 38.0 Å². The summed E-state index contributed by atoms with van der Waals surface area (Å²) in [5, 5.41) is 3.54. The van der Waals surface area contributed by atoms with Crippen LogP contribution < -0.4 is 11.1 Å². The van der Waals surface area contributed by atoms with E-state index in [0.29, 0.717) is 6.04 Å². The molecule has 15 heavy (non-hydrogen) atoms. The molecule has 0 aliphatic carbocycles. The summed E-state index contributed by atoms with van der Waals surface area (Å²) in [4.78, 5) is 0. The van der Waals surface area contributed by atoms with Gasteiger partial charge in [-0.3, -0.25) is 0 Å². The van der Waals surface area contributed by atoms with E-state index in [0.717, 1.165) is 25.9 Å². The van der Waals surface area contributed by atoms with Gasteiger partial charge in [-0.05, 0) is 37.9 Å². The van der Waals surface area contributed by atoms with Crippen LogP contribution in [0, 0.1) is 0 Å². The van der Waals surface area contributed by atoms with Crippen LogP contribution in [0.4, 0.5) is 0 Å². The normalized spacial score (nSPS) is 12.7. The van der Waals surface area contributed by atoms with Crippen molar-refractivity contribution in [3.63, 3.8) is 0 Å². The van der Waals surface area contributed by atoms with Gasteiger partial charge in [0.15, 0.2) is 0 Å². The largest absolute Gasteiger partial charge is 0.330 e. The summed E-state index contributed by atoms with van der Waals surface area (Å²) in [5.74, 6) is 0. The van der Waals surface area contributed by atoms with Crippen molar-refractivity contribution in [1.29, 1.82) is 0 Å². The van der Waals surface area contributed by atoms with Gasteiger partial charge in [-0.15, -0.1) is 0 Å². The molecule has 3 N–H and O–H groups in total. The Morgan fingerprint density at radius 1 is 1.27 bits per heavy atom. The van der Waals surface area contributed by atoms with Gasteiger partial charge in [0.1, 0.15) is 0 Å². The summed E-state index contributed by atoms with van der Waals surface area (Å²) in [6.45, 7) is 4.03. The zero-order chi connectivity index (χ0) is 10.9. The predicted molar refractivity (Wildman–Crippen MR) is 65.9 cm³/mol. The number of nitrogens with one attached hydrogen (secondary N) is 1. The molecule has 1 unspecified atom stereocenters. The summed E-state index contributed by atoms with van der Waals surface area (Å²) in [6, 6.07) is 11.2. The molecule has 0 bridgehead atoms. The quantitative estimate of drug-likeness (QED) is 0.669. The van der Waals surface area contributed by atoms with E-state index in [1.165, 1.54) is 12.0 Å². The molecule has 1 aromatic rings. The summed E-state index contributed by atoms with van der Waals surface area (Å²) >= 11 is 0. The lowest BCUT2D eigenvalue weighted by atomic mass is 10.0. The maximum Gasteiger partial charge on any atom is 0.0105 e. The Morgan fingerprint density at radius 2 is 2.00 bits per heavy atom. The highest BCUT2D eigenvalue weighted by molar-refractivity contribution is 5.15. The first-order valence-electron chi connectivity index (χ1n) is 5.84. The van der Waals surface area contributed by atoms with E-state index in [-0.39, 0.29) is 0 Å². The van der Waals surface area contributed by atoms with E-state index >= 15 is 0 Å². The highest BCUT2D eigenvalue weighted by Crippen LogP contribution is 2.05. The first-order chi connectivity index (χ1) is 7.36. The molecule has 0 aromatic heterocycles. The molecular formula is C13H22N2. The first-order valence-corrected chi connectivity index (χ1v) is 5.84. The standard InChI is InChI=1S/C13H22N2/c1-2-13(15-10-6-9-14)11-12-7-4-3-5-8-12/h3-5,7-8,13,15H,2,6,9-11,14H2,1H3. The van der Waals surface area contributed by atoms with Crippen molar-refractivity contribution in [2.24, 2.45) is 5.73 Å². The first kappa shape index (κ1) is 12.2. The van der Waals surface area contributed by atoms with E-state index in [1.54, 1.807) is 0 Å². The fourth-order valence-corrected chi connectivity index (χ4v) is 1.67. The highest BCUT2D eigenvalue weighted by atomic mass is 14.9. The Labute approximate surface area is 92.9 Å². The molecule has 0 spiro atoms. The van der Waals surface area contributed by atoms with Crippen LogP contribution in [0.2, 0.25) is 0 Å². The Bertz CT molecular complexity index is 246. The van der Waals surface area contributed by atoms with Crippen LogP contribution in [-0.2, 0) is 6.42 Å². The molecule has 0 heterocycles. The van der Waals surface area contributed by atoms with Crippen LogP contribution in [0.3, 0.4) is 0 Å². The van der Waals surface area contributed by atoms with Crippen LogP contribution in [0.5, 0.6) is 0 Å². The molecule has 0 amide bonds. The lowest BCUT2D eigenvalue weighted by Gasteiger charge is -2.16. The van der Waals surface area contributed by atoms with Crippen LogP contribution in [-0.4, -0.2) is 19.1 Å². The van der Waals surface area contributed by atoms with Crippen molar-refractivity contribution in [2.75, 3.05) is 13.1 Å². The maximum atomic E-state index is 5.47. The molecule has 1 rings (SSSR count). The van der Waals surface area contributed by atoms with Gasteiger partial charge >= 0.3 is 0 Å². The third-order valence-electron chi connectivity index (χ3n) is 2.63. The van der Waals surface area contributed by atoms with Gasteiger partial charge in [0.25, 0.3) is 0 Å². The molecule has 2 nitrogen and oxygen atoms in total. The molecule has 2 heteroatoms. The van der Waals surface area contributed by atoms with Gasteiger partial charge in [0.2, 0.25) is 0 Å². The fraction of sp³-hybridized carbons (Fsp3) is 0.538. The molecule has 1 aromatic carbocycles. The Kier molecular flexibility index (Phi) is 6.05. The molecule has 0 saturated carbocycles. The van der Waals surface area contributed by atoms with Gasteiger partial charge in [-0.2, -0.15) is 0 Å². The zero-order valence-electron chi connectivity index (χ0n) is 9.58. The minimum Gasteiger partial charge on any atom is -0.330 e. The molecule has 0 saturated heterocycles. The van der Waals surface area contributed by atoms with Crippen LogP contribution in [0.25, 0.3) is 0 Å². The molecule has 0 radical (unpaired) electrons. The van der Waals surface area contributed by atoms with E-state index in [1.807, 2.05) is 0 Å². The maximum absolute atomic E-state index is 5.47. The molecule has 1 atom stereocenters. The molecule has 0 fully saturated rings. The average molecular weight is 206 g/mol. The van der Waals surface area contributed by atoms with Crippen molar-refractivity contribution in [2.45, 2.75) is 32.2 Å². The molecule has 0 aliphatic rings. The summed E-state index contributed by atoms with van der Waals surface area (Å²) < 4.78 is 0. The second-order valence-corrected chi connectivity index (χ2v) is 3.89. The summed E-state index contributed by atoms with van der Waals surface area (Å²) in [6.07, 6.45) is 3.34. The Balaban J connectivity index is 2.33. The van der Waals surface area contributed by atoms with Gasteiger partial charge in [0, 0.05) is 6.04 Å². The number of nitrogens with two attached hydrogens (primary N) is 1. The summed E-state index contributed by atoms with van der Waals surface area (Å²) in [7, 11) is 0. The second-order valence-electron chi connectivity index (χ2n) is 3.89. The molecule has 0 aliphatic heterocycles. The van der Waals surface area contributed by atoms with E-state index in [9.17, 15) is 0 Å². The SMILES string of the molecule is CCC(Cc1ccccc1)NCCCN. The Hall–Kier alpha value is -0.860. The van der Waals surface area contributed by atoms with E-state index in [4.69, 9.17) is 5.73 Å². The predicted octanol–water partition coefficient (Wildman–Crippen LogP) is 1.95. The monoisotopic (exact) mass is 206 g/mol. The molecular weight excluding hydrogens is 184 g/mol. The highest BCUT2D eigenvalue weighted by Gasteiger charge is 2.05. The van der Waals surface area contributed by atoms with Crippen LogP contribution >= 0.6 is 0 Å². The van der Waals surface area contributed by atoms with E-state index in [2.05, 4.69) is 42.6 Å². The lowest BCUT2D eigenvalue weighted by molar-refractivity contribution is 0.490. The zero-order valence-corrected chi connectivity index (χ0v) is 9.58. The number of hydrogen-bond donors (Lipinski definition) is 2. The second kappa shape index (κ2) is 7.43. The Morgan fingerprint density at radius 3 is 2.60 bits per heavy atom. The number of rotatable bonds is 7. The van der Waals surface area contributed by atoms with Crippen molar-refractivity contribution in [1.82, 2.24) is 5.32 Å².